The van der Waals surface area contributed by atoms with Gasteiger partial charge in [0.1, 0.15) is 11.5 Å². The molecule has 1 aromatic rings. The van der Waals surface area contributed by atoms with E-state index in [4.69, 9.17) is 18.9 Å². The normalized spacial score (nSPS) is 25.6. The molecule has 8 heteroatoms. The van der Waals surface area contributed by atoms with Crippen LogP contribution in [0, 0.1) is 22.0 Å². The van der Waals surface area contributed by atoms with E-state index in [0.717, 1.165) is 11.8 Å². The molecule has 0 saturated heterocycles. The van der Waals surface area contributed by atoms with Gasteiger partial charge in [-0.15, -0.1) is 0 Å². The fraction of sp³-hybridized carbons (Fsp3) is 0.450. The summed E-state index contributed by atoms with van der Waals surface area (Å²) in [5.41, 5.74) is 1.50. The monoisotopic (exact) mass is 389 g/mol. The van der Waals surface area contributed by atoms with Crippen LogP contribution in [0.25, 0.3) is 0 Å². The highest BCUT2D eigenvalue weighted by Crippen LogP contribution is 2.54. The van der Waals surface area contributed by atoms with Gasteiger partial charge in [0, 0.05) is 43.6 Å². The molecule has 3 aliphatic carbocycles. The van der Waals surface area contributed by atoms with Crippen LogP contribution in [-0.4, -0.2) is 44.9 Å². The SMILES string of the molecule is COc1ccc(OC)c([C@H]2C[C@H]3C(/C=C/[N+](=O)[O-])=C[C@@H]2C(=O)C3(OC)OC)c1. The van der Waals surface area contributed by atoms with Gasteiger partial charge in [0.2, 0.25) is 12.0 Å². The molecule has 3 aliphatic rings. The standard InChI is InChI=1S/C20H23NO7/c1-25-13-5-6-18(26-2)15(10-13)14-11-17-12(7-8-21(23)24)9-16(14)19(22)20(17,27-3)28-4/h5-10,14,16-17H,11H2,1-4H3/b8-7+/t14-,16+,17+/m1/s1. The van der Waals surface area contributed by atoms with Crippen LogP contribution in [0.1, 0.15) is 17.9 Å². The number of nitro groups is 1. The van der Waals surface area contributed by atoms with Crippen molar-refractivity contribution in [3.8, 4) is 11.5 Å². The summed E-state index contributed by atoms with van der Waals surface area (Å²) in [5, 5.41) is 10.8. The Labute approximate surface area is 162 Å². The third-order valence-corrected chi connectivity index (χ3v) is 5.63. The van der Waals surface area contributed by atoms with Crippen LogP contribution in [0.5, 0.6) is 11.5 Å². The summed E-state index contributed by atoms with van der Waals surface area (Å²) in [6, 6.07) is 5.46. The minimum atomic E-state index is -1.46. The third-order valence-electron chi connectivity index (χ3n) is 5.63. The summed E-state index contributed by atoms with van der Waals surface area (Å²) in [4.78, 5) is 23.5. The highest BCUT2D eigenvalue weighted by Gasteiger charge is 2.59. The minimum Gasteiger partial charge on any atom is -0.497 e. The summed E-state index contributed by atoms with van der Waals surface area (Å²) < 4.78 is 21.9. The number of methoxy groups -OCH3 is 4. The van der Waals surface area contributed by atoms with Gasteiger partial charge in [-0.1, -0.05) is 6.08 Å². The Kier molecular flexibility index (Phi) is 5.53. The number of rotatable bonds is 7. The van der Waals surface area contributed by atoms with E-state index in [1.165, 1.54) is 20.3 Å². The molecule has 0 radical (unpaired) electrons. The van der Waals surface area contributed by atoms with E-state index >= 15 is 0 Å². The molecule has 0 N–H and O–H groups in total. The number of carbonyl (C=O) groups excluding carboxylic acids is 1. The number of allylic oxidation sites excluding steroid dienone is 2. The molecule has 8 nitrogen and oxygen atoms in total. The molecule has 1 fully saturated rings. The first-order valence-corrected chi connectivity index (χ1v) is 8.81. The molecule has 0 unspecified atom stereocenters. The fourth-order valence-electron chi connectivity index (χ4n) is 4.35. The Morgan fingerprint density at radius 1 is 1.18 bits per heavy atom. The molecule has 3 atom stereocenters. The molecule has 0 heterocycles. The van der Waals surface area contributed by atoms with Gasteiger partial charge < -0.3 is 18.9 Å². The Balaban J connectivity index is 2.11. The molecule has 0 spiro atoms. The zero-order valence-electron chi connectivity index (χ0n) is 16.2. The Hall–Kier alpha value is -2.71. The van der Waals surface area contributed by atoms with E-state index in [9.17, 15) is 14.9 Å². The molecule has 150 valence electrons. The van der Waals surface area contributed by atoms with Gasteiger partial charge in [0.25, 0.3) is 0 Å². The number of hydrogen-bond donors (Lipinski definition) is 0. The van der Waals surface area contributed by atoms with Gasteiger partial charge in [-0.25, -0.2) is 0 Å². The lowest BCUT2D eigenvalue weighted by atomic mass is 9.59. The summed E-state index contributed by atoms with van der Waals surface area (Å²) in [7, 11) is 5.98. The second-order valence-corrected chi connectivity index (χ2v) is 6.74. The molecule has 2 bridgehead atoms. The van der Waals surface area contributed by atoms with E-state index in [1.807, 2.05) is 6.07 Å². The quantitative estimate of drug-likeness (QED) is 0.402. The molecule has 0 aromatic heterocycles. The first kappa shape index (κ1) is 20.0. The molecule has 1 aromatic carbocycles. The third kappa shape index (κ3) is 3.08. The van der Waals surface area contributed by atoms with Gasteiger partial charge in [-0.2, -0.15) is 0 Å². The summed E-state index contributed by atoms with van der Waals surface area (Å²) in [6.07, 6.45) is 4.57. The number of benzene rings is 1. The van der Waals surface area contributed by atoms with E-state index in [2.05, 4.69) is 0 Å². The van der Waals surface area contributed by atoms with E-state index in [0.29, 0.717) is 23.5 Å². The average molecular weight is 389 g/mol. The van der Waals surface area contributed by atoms with Gasteiger partial charge in [-0.05, 0) is 30.2 Å². The Morgan fingerprint density at radius 3 is 2.46 bits per heavy atom. The first-order chi connectivity index (χ1) is 13.4. The fourth-order valence-corrected chi connectivity index (χ4v) is 4.35. The average Bonchev–Trinajstić information content (AvgIpc) is 2.72. The predicted octanol–water partition coefficient (Wildman–Crippen LogP) is 2.71. The highest BCUT2D eigenvalue weighted by atomic mass is 16.7. The van der Waals surface area contributed by atoms with E-state index in [-0.39, 0.29) is 11.7 Å². The maximum absolute atomic E-state index is 13.3. The van der Waals surface area contributed by atoms with Crippen molar-refractivity contribution in [3.05, 3.63) is 57.8 Å². The lowest BCUT2D eigenvalue weighted by Crippen LogP contribution is -2.59. The second-order valence-electron chi connectivity index (χ2n) is 6.74. The van der Waals surface area contributed by atoms with Crippen LogP contribution in [-0.2, 0) is 14.3 Å². The Morgan fingerprint density at radius 2 is 1.89 bits per heavy atom. The van der Waals surface area contributed by atoms with Crippen LogP contribution in [0.4, 0.5) is 0 Å². The van der Waals surface area contributed by atoms with Crippen LogP contribution in [0.15, 0.2) is 42.1 Å². The maximum atomic E-state index is 13.3. The van der Waals surface area contributed by atoms with Crippen LogP contribution >= 0.6 is 0 Å². The van der Waals surface area contributed by atoms with Crippen LogP contribution in [0.2, 0.25) is 0 Å². The molecular formula is C20H23NO7. The van der Waals surface area contributed by atoms with E-state index < -0.39 is 22.5 Å². The lowest BCUT2D eigenvalue weighted by molar-refractivity contribution is -0.402. The molecule has 4 rings (SSSR count). The molecule has 0 amide bonds. The number of hydrogen-bond acceptors (Lipinski definition) is 7. The summed E-state index contributed by atoms with van der Waals surface area (Å²) >= 11 is 0. The lowest BCUT2D eigenvalue weighted by Gasteiger charge is -2.50. The summed E-state index contributed by atoms with van der Waals surface area (Å²) in [6.45, 7) is 0. The number of ketones is 1. The zero-order chi connectivity index (χ0) is 20.5. The smallest absolute Gasteiger partial charge is 0.236 e. The van der Waals surface area contributed by atoms with Gasteiger partial charge >= 0.3 is 0 Å². The molecule has 28 heavy (non-hydrogen) atoms. The zero-order valence-corrected chi connectivity index (χ0v) is 16.2. The van der Waals surface area contributed by atoms with Crippen molar-refractivity contribution in [2.75, 3.05) is 28.4 Å². The highest BCUT2D eigenvalue weighted by molar-refractivity contribution is 5.94. The van der Waals surface area contributed by atoms with E-state index in [1.54, 1.807) is 32.4 Å². The summed E-state index contributed by atoms with van der Waals surface area (Å²) in [5.74, 6) is -1.60. The van der Waals surface area contributed by atoms with Crippen molar-refractivity contribution in [1.29, 1.82) is 0 Å². The predicted molar refractivity (Wildman–Crippen MR) is 99.9 cm³/mol. The largest absolute Gasteiger partial charge is 0.497 e. The van der Waals surface area contributed by atoms with Crippen LogP contribution in [0.3, 0.4) is 0 Å². The van der Waals surface area contributed by atoms with Gasteiger partial charge in [-0.3, -0.25) is 14.9 Å². The first-order valence-electron chi connectivity index (χ1n) is 8.81. The molecular weight excluding hydrogens is 366 g/mol. The Bertz CT molecular complexity index is 841. The second kappa shape index (κ2) is 7.73. The molecule has 1 saturated carbocycles. The number of fused-ring (bicyclic) bond motifs is 2. The van der Waals surface area contributed by atoms with Gasteiger partial charge in [0.05, 0.1) is 19.1 Å². The topological polar surface area (TPSA) is 97.1 Å². The van der Waals surface area contributed by atoms with Crippen molar-refractivity contribution < 1.29 is 28.7 Å². The van der Waals surface area contributed by atoms with Crippen molar-refractivity contribution in [2.24, 2.45) is 11.8 Å². The van der Waals surface area contributed by atoms with Crippen molar-refractivity contribution in [1.82, 2.24) is 0 Å². The minimum absolute atomic E-state index is 0.186. The van der Waals surface area contributed by atoms with Crippen molar-refractivity contribution in [2.45, 2.75) is 18.1 Å². The number of ether oxygens (including phenoxy) is 4. The van der Waals surface area contributed by atoms with Gasteiger partial charge in [0.15, 0.2) is 5.78 Å². The number of nitrogens with zero attached hydrogens (tertiary/aromatic N) is 1. The number of Topliss-reactive ketones (excluding diaryl/α,β-unsaturated/α-hetero) is 1. The maximum Gasteiger partial charge on any atom is 0.236 e. The van der Waals surface area contributed by atoms with Crippen molar-refractivity contribution in [3.63, 3.8) is 0 Å². The molecule has 0 aliphatic heterocycles. The van der Waals surface area contributed by atoms with Crippen molar-refractivity contribution >= 4 is 5.78 Å². The van der Waals surface area contributed by atoms with Crippen LogP contribution < -0.4 is 9.47 Å². The number of carbonyl (C=O) groups is 1.